The van der Waals surface area contributed by atoms with Gasteiger partial charge in [0.05, 0.1) is 5.41 Å². The highest BCUT2D eigenvalue weighted by Crippen LogP contribution is 2.41. The minimum Gasteiger partial charge on any atom is -0.481 e. The van der Waals surface area contributed by atoms with E-state index in [2.05, 4.69) is 5.32 Å². The molecule has 2 rings (SSSR count). The van der Waals surface area contributed by atoms with Crippen LogP contribution in [-0.2, 0) is 9.59 Å². The minimum absolute atomic E-state index is 0.0810. The van der Waals surface area contributed by atoms with Crippen LogP contribution in [0.4, 0.5) is 0 Å². The number of carboxylic acids is 1. The molecular formula is C14H23NO3S. The van der Waals surface area contributed by atoms with Gasteiger partial charge in [0.2, 0.25) is 5.91 Å². The van der Waals surface area contributed by atoms with Crippen molar-refractivity contribution in [2.45, 2.75) is 44.9 Å². The van der Waals surface area contributed by atoms with E-state index in [0.29, 0.717) is 18.8 Å². The Balaban J connectivity index is 1.78. The van der Waals surface area contributed by atoms with Crippen LogP contribution in [0, 0.1) is 11.3 Å². The van der Waals surface area contributed by atoms with Crippen molar-refractivity contribution in [3.05, 3.63) is 0 Å². The van der Waals surface area contributed by atoms with Gasteiger partial charge in [0.25, 0.3) is 0 Å². The molecule has 4 nitrogen and oxygen atoms in total. The summed E-state index contributed by atoms with van der Waals surface area (Å²) in [7, 11) is 0. The number of thioether (sulfide) groups is 1. The van der Waals surface area contributed by atoms with E-state index < -0.39 is 11.4 Å². The van der Waals surface area contributed by atoms with E-state index in [1.807, 2.05) is 11.8 Å². The Morgan fingerprint density at radius 2 is 1.84 bits per heavy atom. The number of carbonyl (C=O) groups is 2. The quantitative estimate of drug-likeness (QED) is 0.813. The molecule has 0 aromatic carbocycles. The van der Waals surface area contributed by atoms with E-state index in [1.54, 1.807) is 0 Å². The first kappa shape index (κ1) is 14.7. The van der Waals surface area contributed by atoms with Crippen LogP contribution in [-0.4, -0.2) is 35.0 Å². The van der Waals surface area contributed by atoms with Gasteiger partial charge in [-0.05, 0) is 43.1 Å². The van der Waals surface area contributed by atoms with Gasteiger partial charge in [0, 0.05) is 13.0 Å². The highest BCUT2D eigenvalue weighted by Gasteiger charge is 2.42. The Morgan fingerprint density at radius 3 is 2.42 bits per heavy atom. The maximum Gasteiger partial charge on any atom is 0.310 e. The molecular weight excluding hydrogens is 262 g/mol. The third-order valence-corrected chi connectivity index (χ3v) is 5.49. The monoisotopic (exact) mass is 285 g/mol. The number of rotatable bonds is 5. The summed E-state index contributed by atoms with van der Waals surface area (Å²) in [5.41, 5.74) is -0.785. The average molecular weight is 285 g/mol. The predicted octanol–water partition coefficient (Wildman–Crippen LogP) is 2.28. The summed E-state index contributed by atoms with van der Waals surface area (Å²) in [6.07, 6.45) is 5.64. The molecule has 0 spiro atoms. The zero-order valence-corrected chi connectivity index (χ0v) is 12.1. The van der Waals surface area contributed by atoms with Gasteiger partial charge in [-0.25, -0.2) is 0 Å². The summed E-state index contributed by atoms with van der Waals surface area (Å²) < 4.78 is 0. The third kappa shape index (κ3) is 3.88. The number of hydrogen-bond donors (Lipinski definition) is 2. The van der Waals surface area contributed by atoms with E-state index in [9.17, 15) is 14.7 Å². The van der Waals surface area contributed by atoms with Gasteiger partial charge in [-0.1, -0.05) is 12.8 Å². The van der Waals surface area contributed by atoms with Crippen LogP contribution < -0.4 is 5.32 Å². The molecule has 0 radical (unpaired) electrons. The van der Waals surface area contributed by atoms with E-state index in [4.69, 9.17) is 0 Å². The van der Waals surface area contributed by atoms with Crippen LogP contribution in [0.5, 0.6) is 0 Å². The average Bonchev–Trinajstić information content (AvgIpc) is 2.87. The number of carbonyl (C=O) groups excluding carboxylic acids is 1. The van der Waals surface area contributed by atoms with E-state index in [-0.39, 0.29) is 12.3 Å². The molecule has 2 N–H and O–H groups in total. The lowest BCUT2D eigenvalue weighted by atomic mass is 9.82. The molecule has 5 heteroatoms. The standard InChI is InChI=1S/C14H23NO3S/c16-12(15-10-11-3-7-19-8-4-11)9-14(13(17)18)5-1-2-6-14/h11H,1-10H2,(H,15,16)(H,17,18). The molecule has 2 aliphatic rings. The fourth-order valence-corrected chi connectivity index (χ4v) is 4.30. The van der Waals surface area contributed by atoms with Crippen molar-refractivity contribution in [3.63, 3.8) is 0 Å². The second-order valence-electron chi connectivity index (χ2n) is 5.83. The normalized spacial score (nSPS) is 23.2. The van der Waals surface area contributed by atoms with Crippen molar-refractivity contribution in [2.24, 2.45) is 11.3 Å². The third-order valence-electron chi connectivity index (χ3n) is 4.44. The molecule has 0 aromatic heterocycles. The molecule has 1 amide bonds. The van der Waals surface area contributed by atoms with Crippen molar-refractivity contribution in [1.82, 2.24) is 5.32 Å². The van der Waals surface area contributed by atoms with Gasteiger partial charge in [-0.3, -0.25) is 9.59 Å². The number of aliphatic carboxylic acids is 1. The molecule has 0 unspecified atom stereocenters. The summed E-state index contributed by atoms with van der Waals surface area (Å²) in [5, 5.41) is 12.3. The van der Waals surface area contributed by atoms with Crippen molar-refractivity contribution in [2.75, 3.05) is 18.1 Å². The predicted molar refractivity (Wildman–Crippen MR) is 76.2 cm³/mol. The first-order valence-corrected chi connectivity index (χ1v) is 8.36. The fraction of sp³-hybridized carbons (Fsp3) is 0.857. The Morgan fingerprint density at radius 1 is 1.21 bits per heavy atom. The maximum absolute atomic E-state index is 12.0. The van der Waals surface area contributed by atoms with Crippen LogP contribution in [0.3, 0.4) is 0 Å². The van der Waals surface area contributed by atoms with Gasteiger partial charge in [0.1, 0.15) is 0 Å². The molecule has 1 aliphatic carbocycles. The molecule has 2 fully saturated rings. The van der Waals surface area contributed by atoms with Gasteiger partial charge in [-0.2, -0.15) is 11.8 Å². The lowest BCUT2D eigenvalue weighted by Gasteiger charge is -2.25. The second kappa shape index (κ2) is 6.64. The minimum atomic E-state index is -0.797. The Hall–Kier alpha value is -0.710. The van der Waals surface area contributed by atoms with Crippen LogP contribution >= 0.6 is 11.8 Å². The highest BCUT2D eigenvalue weighted by atomic mass is 32.2. The van der Waals surface area contributed by atoms with E-state index in [1.165, 1.54) is 11.5 Å². The van der Waals surface area contributed by atoms with Gasteiger partial charge in [0.15, 0.2) is 0 Å². The van der Waals surface area contributed by atoms with E-state index >= 15 is 0 Å². The molecule has 0 bridgehead atoms. The Bertz CT molecular complexity index is 334. The van der Waals surface area contributed by atoms with E-state index in [0.717, 1.165) is 32.2 Å². The molecule has 0 atom stereocenters. The van der Waals surface area contributed by atoms with Crippen LogP contribution in [0.25, 0.3) is 0 Å². The van der Waals surface area contributed by atoms with Gasteiger partial charge < -0.3 is 10.4 Å². The van der Waals surface area contributed by atoms with Crippen LogP contribution in [0.2, 0.25) is 0 Å². The van der Waals surface area contributed by atoms with Crippen molar-refractivity contribution < 1.29 is 14.7 Å². The topological polar surface area (TPSA) is 66.4 Å². The summed E-state index contributed by atoms with van der Waals surface area (Å²) in [6, 6.07) is 0. The second-order valence-corrected chi connectivity index (χ2v) is 7.05. The lowest BCUT2D eigenvalue weighted by Crippen LogP contribution is -2.37. The summed E-state index contributed by atoms with van der Waals surface area (Å²) >= 11 is 1.97. The number of carboxylic acid groups (broad SMARTS) is 1. The van der Waals surface area contributed by atoms with Crippen LogP contribution in [0.1, 0.15) is 44.9 Å². The molecule has 1 aliphatic heterocycles. The molecule has 19 heavy (non-hydrogen) atoms. The van der Waals surface area contributed by atoms with Gasteiger partial charge >= 0.3 is 5.97 Å². The highest BCUT2D eigenvalue weighted by molar-refractivity contribution is 7.99. The Kier molecular flexibility index (Phi) is 5.13. The Labute approximate surface area is 118 Å². The van der Waals surface area contributed by atoms with Crippen molar-refractivity contribution >= 4 is 23.6 Å². The SMILES string of the molecule is O=C(CC1(C(=O)O)CCCC1)NCC1CCSCC1. The van der Waals surface area contributed by atoms with Crippen LogP contribution in [0.15, 0.2) is 0 Å². The summed E-state index contributed by atoms with van der Waals surface area (Å²) in [5.74, 6) is 2.06. The summed E-state index contributed by atoms with van der Waals surface area (Å²) in [4.78, 5) is 23.4. The molecule has 108 valence electrons. The first-order chi connectivity index (χ1) is 9.12. The zero-order chi connectivity index (χ0) is 13.7. The largest absolute Gasteiger partial charge is 0.481 e. The smallest absolute Gasteiger partial charge is 0.310 e. The summed E-state index contributed by atoms with van der Waals surface area (Å²) in [6.45, 7) is 0.717. The van der Waals surface area contributed by atoms with Gasteiger partial charge in [-0.15, -0.1) is 0 Å². The lowest BCUT2D eigenvalue weighted by molar-refractivity contribution is -0.151. The molecule has 1 heterocycles. The number of amides is 1. The number of nitrogens with one attached hydrogen (secondary N) is 1. The first-order valence-electron chi connectivity index (χ1n) is 7.20. The molecule has 1 saturated carbocycles. The van der Waals surface area contributed by atoms with Crippen molar-refractivity contribution in [1.29, 1.82) is 0 Å². The fourth-order valence-electron chi connectivity index (χ4n) is 3.10. The maximum atomic E-state index is 12.0. The van der Waals surface area contributed by atoms with Crippen molar-refractivity contribution in [3.8, 4) is 0 Å². The zero-order valence-electron chi connectivity index (χ0n) is 11.3. The molecule has 1 saturated heterocycles. The molecule has 0 aromatic rings. The number of hydrogen-bond acceptors (Lipinski definition) is 3.